The molecule has 4 aromatic rings. The van der Waals surface area contributed by atoms with E-state index in [1.807, 2.05) is 16.7 Å². The molecule has 1 aromatic carbocycles. The zero-order valence-electron chi connectivity index (χ0n) is 16.1. The minimum Gasteiger partial charge on any atom is -0.378 e. The Labute approximate surface area is 187 Å². The van der Waals surface area contributed by atoms with Gasteiger partial charge >= 0.3 is 5.69 Å². The highest BCUT2D eigenvalue weighted by molar-refractivity contribution is 6.35. The van der Waals surface area contributed by atoms with Gasteiger partial charge < -0.3 is 11.1 Å². The van der Waals surface area contributed by atoms with Gasteiger partial charge in [-0.15, -0.1) is 0 Å². The van der Waals surface area contributed by atoms with Crippen molar-refractivity contribution in [3.8, 4) is 11.3 Å². The molecule has 11 heteroatoms. The van der Waals surface area contributed by atoms with E-state index in [-0.39, 0.29) is 11.5 Å². The minimum absolute atomic E-state index is 0.0786. The molecule has 0 spiro atoms. The number of nitrogens with one attached hydrogen (secondary N) is 1. The smallest absolute Gasteiger partial charge is 0.311 e. The Kier molecular flexibility index (Phi) is 5.88. The number of fused-ring (bicyclic) bond motifs is 1. The van der Waals surface area contributed by atoms with Crippen molar-refractivity contribution in [3.05, 3.63) is 74.6 Å². The van der Waals surface area contributed by atoms with E-state index in [0.717, 1.165) is 17.6 Å². The number of nitrogens with zero attached hydrogens (tertiary/aromatic N) is 5. The van der Waals surface area contributed by atoms with Gasteiger partial charge in [-0.3, -0.25) is 14.5 Å². The highest BCUT2D eigenvalue weighted by atomic mass is 35.5. The molecule has 0 bridgehead atoms. The van der Waals surface area contributed by atoms with E-state index < -0.39 is 4.92 Å². The van der Waals surface area contributed by atoms with Crippen LogP contribution in [-0.4, -0.2) is 30.8 Å². The molecule has 0 fully saturated rings. The third kappa shape index (κ3) is 4.68. The monoisotopic (exact) mass is 457 g/mol. The summed E-state index contributed by atoms with van der Waals surface area (Å²) >= 11 is 12.3. The summed E-state index contributed by atoms with van der Waals surface area (Å²) in [5, 5.41) is 15.2. The van der Waals surface area contributed by atoms with Crippen LogP contribution in [0.15, 0.2) is 48.8 Å². The van der Waals surface area contributed by atoms with Crippen molar-refractivity contribution in [1.82, 2.24) is 19.4 Å². The van der Waals surface area contributed by atoms with E-state index in [0.29, 0.717) is 40.3 Å². The van der Waals surface area contributed by atoms with E-state index in [9.17, 15) is 10.1 Å². The predicted octanol–water partition coefficient (Wildman–Crippen LogP) is 4.63. The topological polar surface area (TPSA) is 124 Å². The Bertz CT molecular complexity index is 1260. The zero-order chi connectivity index (χ0) is 22.0. The number of aryl methyl sites for hydroxylation is 1. The molecule has 31 heavy (non-hydrogen) atoms. The van der Waals surface area contributed by atoms with Crippen molar-refractivity contribution in [2.45, 2.75) is 12.8 Å². The van der Waals surface area contributed by atoms with Gasteiger partial charge in [0.2, 0.25) is 11.8 Å². The molecule has 0 saturated carbocycles. The van der Waals surface area contributed by atoms with Crippen LogP contribution in [0, 0.1) is 10.1 Å². The molecular formula is C20H17Cl2N7O2. The minimum atomic E-state index is -0.546. The Morgan fingerprint density at radius 1 is 1.13 bits per heavy atom. The summed E-state index contributed by atoms with van der Waals surface area (Å²) in [6, 6.07) is 10.1. The molecule has 3 heterocycles. The molecule has 0 radical (unpaired) electrons. The van der Waals surface area contributed by atoms with E-state index >= 15 is 0 Å². The van der Waals surface area contributed by atoms with Crippen molar-refractivity contribution in [2.24, 2.45) is 0 Å². The van der Waals surface area contributed by atoms with Gasteiger partial charge in [0.1, 0.15) is 5.65 Å². The van der Waals surface area contributed by atoms with Crippen molar-refractivity contribution >= 4 is 46.3 Å². The highest BCUT2D eigenvalue weighted by Gasteiger charge is 2.13. The van der Waals surface area contributed by atoms with Gasteiger partial charge in [-0.1, -0.05) is 23.2 Å². The van der Waals surface area contributed by atoms with Crippen LogP contribution in [0.1, 0.15) is 12.1 Å². The van der Waals surface area contributed by atoms with Crippen LogP contribution in [-0.2, 0) is 6.42 Å². The summed E-state index contributed by atoms with van der Waals surface area (Å²) in [6.07, 6.45) is 4.83. The first-order chi connectivity index (χ1) is 14.9. The molecule has 3 N–H and O–H groups in total. The standard InChI is InChI=1S/C20H17Cl2N7O2/c21-13-8-12(9-14(22)10-13)16-11-18-24-6-7-28(18)20(27-16)25-5-1-2-15-3-4-17(29(30)31)19(23)26-15/h3-4,6-11H,1-2,5H2,(H2,23,26)(H,25,27). The van der Waals surface area contributed by atoms with Crippen molar-refractivity contribution < 1.29 is 4.92 Å². The average molecular weight is 458 g/mol. The number of nitrogens with two attached hydrogens (primary N) is 1. The number of rotatable bonds is 7. The van der Waals surface area contributed by atoms with Crippen LogP contribution in [0.2, 0.25) is 10.0 Å². The molecule has 0 aliphatic heterocycles. The zero-order valence-corrected chi connectivity index (χ0v) is 17.6. The maximum Gasteiger partial charge on any atom is 0.311 e. The number of hydrogen-bond acceptors (Lipinski definition) is 7. The van der Waals surface area contributed by atoms with Crippen LogP contribution in [0.4, 0.5) is 17.5 Å². The lowest BCUT2D eigenvalue weighted by Gasteiger charge is -2.11. The maximum atomic E-state index is 10.8. The van der Waals surface area contributed by atoms with Crippen LogP contribution in [0.25, 0.3) is 16.9 Å². The molecule has 4 rings (SSSR count). The molecule has 0 atom stereocenters. The van der Waals surface area contributed by atoms with Crippen LogP contribution in [0.5, 0.6) is 0 Å². The van der Waals surface area contributed by atoms with Gasteiger partial charge in [0.15, 0.2) is 0 Å². The third-order valence-electron chi connectivity index (χ3n) is 4.60. The lowest BCUT2D eigenvalue weighted by Crippen LogP contribution is -2.10. The Hall–Kier alpha value is -3.43. The van der Waals surface area contributed by atoms with Gasteiger partial charge in [-0.25, -0.2) is 15.0 Å². The van der Waals surface area contributed by atoms with Gasteiger partial charge in [-0.2, -0.15) is 0 Å². The Morgan fingerprint density at radius 3 is 2.61 bits per heavy atom. The fourth-order valence-corrected chi connectivity index (χ4v) is 3.70. The van der Waals surface area contributed by atoms with Gasteiger partial charge in [0, 0.05) is 52.4 Å². The SMILES string of the molecule is Nc1nc(CCCNc2nc(-c3cc(Cl)cc(Cl)c3)cc3nccn23)ccc1[N+](=O)[O-]. The second kappa shape index (κ2) is 8.75. The molecular weight excluding hydrogens is 441 g/mol. The van der Waals surface area contributed by atoms with Crippen molar-refractivity contribution in [2.75, 3.05) is 17.6 Å². The number of imidazole rings is 1. The van der Waals surface area contributed by atoms with E-state index in [1.54, 1.807) is 30.5 Å². The fraction of sp³-hybridized carbons (Fsp3) is 0.150. The Balaban J connectivity index is 1.49. The lowest BCUT2D eigenvalue weighted by atomic mass is 10.1. The summed E-state index contributed by atoms with van der Waals surface area (Å²) in [5.74, 6) is 0.544. The molecule has 158 valence electrons. The summed E-state index contributed by atoms with van der Waals surface area (Å²) < 4.78 is 1.85. The van der Waals surface area contributed by atoms with Gasteiger partial charge in [0.25, 0.3) is 0 Å². The second-order valence-corrected chi connectivity index (χ2v) is 7.65. The van der Waals surface area contributed by atoms with E-state index in [4.69, 9.17) is 33.9 Å². The first-order valence-electron chi connectivity index (χ1n) is 9.35. The van der Waals surface area contributed by atoms with Gasteiger partial charge in [0.05, 0.1) is 10.6 Å². The summed E-state index contributed by atoms with van der Waals surface area (Å²) in [7, 11) is 0. The Morgan fingerprint density at radius 2 is 1.90 bits per heavy atom. The molecule has 0 unspecified atom stereocenters. The normalized spacial score (nSPS) is 11.0. The average Bonchev–Trinajstić information content (AvgIpc) is 3.19. The highest BCUT2D eigenvalue weighted by Crippen LogP contribution is 2.28. The number of nitro groups is 1. The number of anilines is 2. The number of aromatic nitrogens is 4. The van der Waals surface area contributed by atoms with E-state index in [2.05, 4.69) is 15.3 Å². The lowest BCUT2D eigenvalue weighted by molar-refractivity contribution is -0.384. The molecule has 0 aliphatic carbocycles. The number of halogens is 2. The number of benzene rings is 1. The summed E-state index contributed by atoms with van der Waals surface area (Å²) in [5.41, 5.74) is 8.36. The van der Waals surface area contributed by atoms with Crippen LogP contribution < -0.4 is 11.1 Å². The summed E-state index contributed by atoms with van der Waals surface area (Å²) in [6.45, 7) is 0.596. The first-order valence-corrected chi connectivity index (χ1v) is 10.1. The van der Waals surface area contributed by atoms with Crippen LogP contribution in [0.3, 0.4) is 0 Å². The molecule has 0 amide bonds. The number of hydrogen-bond donors (Lipinski definition) is 2. The fourth-order valence-electron chi connectivity index (χ4n) is 3.17. The predicted molar refractivity (Wildman–Crippen MR) is 121 cm³/mol. The molecule has 0 saturated heterocycles. The summed E-state index contributed by atoms with van der Waals surface area (Å²) in [4.78, 5) is 23.5. The van der Waals surface area contributed by atoms with Crippen molar-refractivity contribution in [3.63, 3.8) is 0 Å². The molecule has 0 aliphatic rings. The van der Waals surface area contributed by atoms with E-state index in [1.165, 1.54) is 6.07 Å². The number of pyridine rings is 1. The largest absolute Gasteiger partial charge is 0.378 e. The second-order valence-electron chi connectivity index (χ2n) is 6.77. The van der Waals surface area contributed by atoms with Gasteiger partial charge in [-0.05, 0) is 37.1 Å². The first kappa shape index (κ1) is 20.8. The molecule has 9 nitrogen and oxygen atoms in total. The number of nitrogen functional groups attached to an aromatic ring is 1. The maximum absolute atomic E-state index is 10.8. The van der Waals surface area contributed by atoms with Crippen LogP contribution >= 0.6 is 23.2 Å². The molecule has 3 aromatic heterocycles. The third-order valence-corrected chi connectivity index (χ3v) is 5.03. The van der Waals surface area contributed by atoms with Crippen molar-refractivity contribution in [1.29, 1.82) is 0 Å². The quantitative estimate of drug-likeness (QED) is 0.235.